The number of anilines is 1. The van der Waals surface area contributed by atoms with Gasteiger partial charge in [0.25, 0.3) is 0 Å². The highest BCUT2D eigenvalue weighted by atomic mass is 35.5. The second kappa shape index (κ2) is 14.7. The largest absolute Gasteiger partial charge is 0.497 e. The number of rotatable bonds is 12. The second-order valence-corrected chi connectivity index (χ2v) is 13.7. The molecule has 4 rings (SSSR count). The molecule has 1 N–H and O–H groups in total. The SMILES string of the molecule is COc1cccc(CN(C(=O)CN(c2cc(Cl)c(Cl)cc2Cl)S(C)(=O)=O)[C@H](Cc2ccccc2)C(=O)NC2CCCC2)c1. The summed E-state index contributed by atoms with van der Waals surface area (Å²) in [6, 6.07) is 18.3. The highest BCUT2D eigenvalue weighted by Crippen LogP contribution is 2.36. The lowest BCUT2D eigenvalue weighted by Crippen LogP contribution is -2.54. The van der Waals surface area contributed by atoms with Crippen molar-refractivity contribution >= 4 is 62.3 Å². The summed E-state index contributed by atoms with van der Waals surface area (Å²) in [5, 5.41) is 3.36. The minimum atomic E-state index is -4.03. The summed E-state index contributed by atoms with van der Waals surface area (Å²) in [7, 11) is -2.48. The summed E-state index contributed by atoms with van der Waals surface area (Å²) in [4.78, 5) is 29.6. The van der Waals surface area contributed by atoms with Crippen LogP contribution in [0.25, 0.3) is 0 Å². The van der Waals surface area contributed by atoms with Crippen LogP contribution in [0.3, 0.4) is 0 Å². The summed E-state index contributed by atoms with van der Waals surface area (Å²) in [6.07, 6.45) is 4.97. The van der Waals surface area contributed by atoms with Crippen LogP contribution in [-0.4, -0.2) is 57.1 Å². The Morgan fingerprint density at radius 1 is 0.930 bits per heavy atom. The van der Waals surface area contributed by atoms with Gasteiger partial charge < -0.3 is 15.0 Å². The van der Waals surface area contributed by atoms with E-state index in [0.717, 1.165) is 41.8 Å². The monoisotopic (exact) mass is 665 g/mol. The molecule has 1 fully saturated rings. The van der Waals surface area contributed by atoms with Crippen LogP contribution in [0.5, 0.6) is 5.75 Å². The fourth-order valence-corrected chi connectivity index (χ4v) is 6.73. The molecule has 1 aliphatic rings. The quantitative estimate of drug-likeness (QED) is 0.235. The predicted octanol–water partition coefficient (Wildman–Crippen LogP) is 6.12. The van der Waals surface area contributed by atoms with Gasteiger partial charge in [-0.3, -0.25) is 13.9 Å². The number of carbonyl (C=O) groups is 2. The van der Waals surface area contributed by atoms with Crippen molar-refractivity contribution in [2.45, 2.75) is 50.7 Å². The van der Waals surface area contributed by atoms with E-state index in [1.54, 1.807) is 25.3 Å². The van der Waals surface area contributed by atoms with Gasteiger partial charge in [0, 0.05) is 19.0 Å². The molecule has 2 amide bonds. The second-order valence-electron chi connectivity index (χ2n) is 10.6. The number of benzene rings is 3. The van der Waals surface area contributed by atoms with E-state index in [9.17, 15) is 18.0 Å². The van der Waals surface area contributed by atoms with Gasteiger partial charge in [-0.1, -0.05) is 90.1 Å². The van der Waals surface area contributed by atoms with E-state index in [4.69, 9.17) is 39.5 Å². The third kappa shape index (κ3) is 8.79. The van der Waals surface area contributed by atoms with Gasteiger partial charge in [-0.05, 0) is 48.2 Å². The van der Waals surface area contributed by atoms with Gasteiger partial charge in [-0.2, -0.15) is 0 Å². The summed E-state index contributed by atoms with van der Waals surface area (Å²) in [5.41, 5.74) is 1.56. The van der Waals surface area contributed by atoms with Crippen LogP contribution in [-0.2, 0) is 32.6 Å². The highest BCUT2D eigenvalue weighted by Gasteiger charge is 2.35. The van der Waals surface area contributed by atoms with Gasteiger partial charge in [0.2, 0.25) is 21.8 Å². The fourth-order valence-electron chi connectivity index (χ4n) is 5.19. The molecular formula is C31H34Cl3N3O5S. The molecule has 8 nitrogen and oxygen atoms in total. The number of sulfonamides is 1. The molecule has 1 saturated carbocycles. The molecule has 0 aromatic heterocycles. The standard InChI is InChI=1S/C31H34Cl3N3O5S/c1-42-24-14-8-11-22(15-24)19-36(29(16-21-9-4-3-5-10-21)31(39)35-23-12-6-7-13-23)30(38)20-37(43(2,40)41)28-18-26(33)25(32)17-27(28)34/h3-5,8-11,14-15,17-18,23,29H,6-7,12-13,16,19-20H2,1-2H3,(H,35,39)/t29-/m1/s1. The zero-order valence-electron chi connectivity index (χ0n) is 23.9. The van der Waals surface area contributed by atoms with Gasteiger partial charge >= 0.3 is 0 Å². The number of methoxy groups -OCH3 is 1. The molecule has 3 aromatic rings. The summed E-state index contributed by atoms with van der Waals surface area (Å²) < 4.78 is 32.3. The van der Waals surface area contributed by atoms with Gasteiger partial charge in [0.1, 0.15) is 18.3 Å². The van der Waals surface area contributed by atoms with Crippen molar-refractivity contribution in [1.29, 1.82) is 0 Å². The van der Waals surface area contributed by atoms with E-state index in [2.05, 4.69) is 5.32 Å². The Hall–Kier alpha value is -2.98. The van der Waals surface area contributed by atoms with E-state index in [0.29, 0.717) is 11.3 Å². The third-order valence-corrected chi connectivity index (χ3v) is 9.55. The average Bonchev–Trinajstić information content (AvgIpc) is 3.48. The summed E-state index contributed by atoms with van der Waals surface area (Å²) >= 11 is 18.7. The van der Waals surface area contributed by atoms with Crippen LogP contribution < -0.4 is 14.4 Å². The van der Waals surface area contributed by atoms with E-state index in [1.165, 1.54) is 17.0 Å². The van der Waals surface area contributed by atoms with Crippen molar-refractivity contribution in [3.63, 3.8) is 0 Å². The molecule has 1 atom stereocenters. The Labute approximate surface area is 267 Å². The smallest absolute Gasteiger partial charge is 0.244 e. The van der Waals surface area contributed by atoms with Crippen LogP contribution >= 0.6 is 34.8 Å². The van der Waals surface area contributed by atoms with Crippen LogP contribution in [0.2, 0.25) is 15.1 Å². The topological polar surface area (TPSA) is 96.0 Å². The molecular weight excluding hydrogens is 633 g/mol. The number of hydrogen-bond acceptors (Lipinski definition) is 5. The molecule has 0 heterocycles. The number of halogens is 3. The molecule has 3 aromatic carbocycles. The van der Waals surface area contributed by atoms with Crippen LogP contribution in [0.4, 0.5) is 5.69 Å². The molecule has 12 heteroatoms. The maximum Gasteiger partial charge on any atom is 0.244 e. The number of carbonyl (C=O) groups excluding carboxylic acids is 2. The van der Waals surface area contributed by atoms with Crippen molar-refractivity contribution in [3.8, 4) is 5.75 Å². The normalized spacial score (nSPS) is 14.3. The van der Waals surface area contributed by atoms with Gasteiger partial charge in [0.05, 0.1) is 34.1 Å². The van der Waals surface area contributed by atoms with Gasteiger partial charge in [0.15, 0.2) is 0 Å². The molecule has 0 spiro atoms. The van der Waals surface area contributed by atoms with E-state index in [1.807, 2.05) is 36.4 Å². The number of hydrogen-bond donors (Lipinski definition) is 1. The minimum absolute atomic E-state index is 0.00302. The van der Waals surface area contributed by atoms with Crippen molar-refractivity contribution < 1.29 is 22.7 Å². The maximum atomic E-state index is 14.3. The van der Waals surface area contributed by atoms with Crippen LogP contribution in [0.15, 0.2) is 66.7 Å². The molecule has 0 aliphatic heterocycles. The molecule has 0 radical (unpaired) electrons. The molecule has 0 bridgehead atoms. The van der Waals surface area contributed by atoms with Crippen molar-refractivity contribution in [2.24, 2.45) is 0 Å². The predicted molar refractivity (Wildman–Crippen MR) is 172 cm³/mol. The first kappa shape index (κ1) is 32.9. The van der Waals surface area contributed by atoms with E-state index >= 15 is 0 Å². The Balaban J connectivity index is 1.76. The first-order chi connectivity index (χ1) is 20.5. The highest BCUT2D eigenvalue weighted by molar-refractivity contribution is 7.92. The Morgan fingerprint density at radius 3 is 2.23 bits per heavy atom. The molecule has 0 unspecified atom stereocenters. The lowest BCUT2D eigenvalue weighted by molar-refractivity contribution is -0.140. The lowest BCUT2D eigenvalue weighted by Gasteiger charge is -2.34. The summed E-state index contributed by atoms with van der Waals surface area (Å²) in [5.74, 6) is -0.316. The number of ether oxygens (including phenoxy) is 1. The van der Waals surface area contributed by atoms with Crippen LogP contribution in [0.1, 0.15) is 36.8 Å². The average molecular weight is 667 g/mol. The van der Waals surface area contributed by atoms with Crippen LogP contribution in [0, 0.1) is 0 Å². The van der Waals surface area contributed by atoms with E-state index in [-0.39, 0.29) is 45.7 Å². The molecule has 230 valence electrons. The Bertz CT molecular complexity index is 1550. The number of amides is 2. The molecule has 0 saturated heterocycles. The fraction of sp³-hybridized carbons (Fsp3) is 0.355. The van der Waals surface area contributed by atoms with Crippen molar-refractivity contribution in [3.05, 3.63) is 92.9 Å². The van der Waals surface area contributed by atoms with Crippen molar-refractivity contribution in [2.75, 3.05) is 24.2 Å². The zero-order valence-corrected chi connectivity index (χ0v) is 27.0. The Morgan fingerprint density at radius 2 is 1.58 bits per heavy atom. The third-order valence-electron chi connectivity index (χ3n) is 7.40. The summed E-state index contributed by atoms with van der Waals surface area (Å²) in [6.45, 7) is -0.596. The number of nitrogens with one attached hydrogen (secondary N) is 1. The maximum absolute atomic E-state index is 14.3. The first-order valence-electron chi connectivity index (χ1n) is 13.8. The molecule has 1 aliphatic carbocycles. The van der Waals surface area contributed by atoms with Gasteiger partial charge in [-0.15, -0.1) is 0 Å². The zero-order chi connectivity index (χ0) is 31.1. The minimum Gasteiger partial charge on any atom is -0.497 e. The number of nitrogens with zero attached hydrogens (tertiary/aromatic N) is 2. The van der Waals surface area contributed by atoms with Gasteiger partial charge in [-0.25, -0.2) is 8.42 Å². The lowest BCUT2D eigenvalue weighted by atomic mass is 10.0. The first-order valence-corrected chi connectivity index (χ1v) is 16.8. The van der Waals surface area contributed by atoms with Crippen molar-refractivity contribution in [1.82, 2.24) is 10.2 Å². The van der Waals surface area contributed by atoms with E-state index < -0.39 is 28.5 Å². The molecule has 43 heavy (non-hydrogen) atoms. The Kier molecular flexibility index (Phi) is 11.2.